The highest BCUT2D eigenvalue weighted by molar-refractivity contribution is 5.74. The number of hydrogen-bond donors (Lipinski definition) is 0. The van der Waals surface area contributed by atoms with Gasteiger partial charge in [0.15, 0.2) is 23.2 Å². The summed E-state index contributed by atoms with van der Waals surface area (Å²) in [6.45, 7) is 2.17. The van der Waals surface area contributed by atoms with Crippen LogP contribution in [0.5, 0.6) is 5.75 Å². The number of rotatable bonds is 9. The second kappa shape index (κ2) is 11.8. The molecular weight excluding hydrogens is 457 g/mol. The van der Waals surface area contributed by atoms with Crippen molar-refractivity contribution in [2.75, 3.05) is 7.11 Å². The van der Waals surface area contributed by atoms with Gasteiger partial charge >= 0.3 is 0 Å². The van der Waals surface area contributed by atoms with Gasteiger partial charge in [-0.2, -0.15) is 0 Å². The molecule has 4 aromatic rings. The molecule has 1 nitrogen and oxygen atoms in total. The second-order valence-electron chi connectivity index (χ2n) is 8.79. The zero-order valence-corrected chi connectivity index (χ0v) is 20.5. The number of benzene rings is 4. The summed E-state index contributed by atoms with van der Waals surface area (Å²) in [5.74, 6) is -1.96. The molecule has 0 aliphatic heterocycles. The molecule has 184 valence electrons. The maximum absolute atomic E-state index is 14.9. The van der Waals surface area contributed by atoms with Crippen LogP contribution in [-0.2, 0) is 6.42 Å². The van der Waals surface area contributed by atoms with Crippen molar-refractivity contribution in [3.8, 4) is 28.0 Å². The molecule has 4 aromatic carbocycles. The molecule has 4 heteroatoms. The molecule has 0 unspecified atom stereocenters. The van der Waals surface area contributed by atoms with Gasteiger partial charge in [0, 0.05) is 11.1 Å². The molecule has 0 fully saturated rings. The summed E-state index contributed by atoms with van der Waals surface area (Å²) >= 11 is 0. The van der Waals surface area contributed by atoms with E-state index >= 15 is 0 Å². The van der Waals surface area contributed by atoms with Crippen LogP contribution >= 0.6 is 0 Å². The van der Waals surface area contributed by atoms with E-state index in [4.69, 9.17) is 4.74 Å². The van der Waals surface area contributed by atoms with Crippen LogP contribution in [0.15, 0.2) is 78.9 Å². The van der Waals surface area contributed by atoms with Crippen molar-refractivity contribution >= 4 is 12.2 Å². The summed E-state index contributed by atoms with van der Waals surface area (Å²) < 4.78 is 48.7. The Morgan fingerprint density at radius 3 is 2.06 bits per heavy atom. The second-order valence-corrected chi connectivity index (χ2v) is 8.79. The molecule has 0 bridgehead atoms. The molecule has 36 heavy (non-hydrogen) atoms. The van der Waals surface area contributed by atoms with E-state index in [1.54, 1.807) is 36.4 Å². The average molecular weight is 487 g/mol. The van der Waals surface area contributed by atoms with Crippen molar-refractivity contribution in [3.63, 3.8) is 0 Å². The maximum atomic E-state index is 14.9. The third-order valence-corrected chi connectivity index (χ3v) is 6.30. The summed E-state index contributed by atoms with van der Waals surface area (Å²) in [6, 6.07) is 23.1. The number of ether oxygens (including phenoxy) is 1. The molecule has 0 heterocycles. The molecule has 0 aliphatic carbocycles. The fraction of sp³-hybridized carbons (Fsp3) is 0.188. The van der Waals surface area contributed by atoms with Crippen LogP contribution in [0.4, 0.5) is 13.2 Å². The Kier molecular flexibility index (Phi) is 8.27. The first-order valence-corrected chi connectivity index (χ1v) is 12.2. The number of aryl methyl sites for hydroxylation is 1. The Balaban J connectivity index is 1.48. The summed E-state index contributed by atoms with van der Waals surface area (Å²) in [6.07, 6.45) is 7.75. The first-order valence-electron chi connectivity index (χ1n) is 12.2. The predicted octanol–water partition coefficient (Wildman–Crippen LogP) is 9.35. The molecule has 4 rings (SSSR count). The van der Waals surface area contributed by atoms with Gasteiger partial charge in [0.1, 0.15) is 0 Å². The lowest BCUT2D eigenvalue weighted by atomic mass is 9.99. The molecular formula is C32H29F3O. The Bertz CT molecular complexity index is 1340. The largest absolute Gasteiger partial charge is 0.494 e. The normalized spacial score (nSPS) is 11.2. The number of methoxy groups -OCH3 is 1. The molecule has 0 atom stereocenters. The van der Waals surface area contributed by atoms with Crippen molar-refractivity contribution in [1.82, 2.24) is 0 Å². The van der Waals surface area contributed by atoms with Crippen LogP contribution in [0, 0.1) is 17.5 Å². The fourth-order valence-corrected chi connectivity index (χ4v) is 4.16. The van der Waals surface area contributed by atoms with Crippen molar-refractivity contribution in [2.45, 2.75) is 32.6 Å². The highest BCUT2D eigenvalue weighted by atomic mass is 19.2. The lowest BCUT2D eigenvalue weighted by Crippen LogP contribution is -1.94. The molecule has 0 aromatic heterocycles. The van der Waals surface area contributed by atoms with Gasteiger partial charge in [0.05, 0.1) is 7.11 Å². The number of hydrogen-bond acceptors (Lipinski definition) is 1. The summed E-state index contributed by atoms with van der Waals surface area (Å²) in [7, 11) is 1.42. The Labute approximate surface area is 210 Å². The quantitative estimate of drug-likeness (QED) is 0.169. The van der Waals surface area contributed by atoms with Crippen molar-refractivity contribution in [2.24, 2.45) is 0 Å². The van der Waals surface area contributed by atoms with Crippen LogP contribution < -0.4 is 4.74 Å². The van der Waals surface area contributed by atoms with Crippen molar-refractivity contribution in [1.29, 1.82) is 0 Å². The van der Waals surface area contributed by atoms with Gasteiger partial charge in [-0.3, -0.25) is 0 Å². The van der Waals surface area contributed by atoms with E-state index in [-0.39, 0.29) is 16.9 Å². The van der Waals surface area contributed by atoms with Crippen LogP contribution in [-0.4, -0.2) is 7.11 Å². The molecule has 0 spiro atoms. The van der Waals surface area contributed by atoms with E-state index in [1.807, 2.05) is 48.5 Å². The number of halogens is 3. The Morgan fingerprint density at radius 2 is 1.39 bits per heavy atom. The average Bonchev–Trinajstić information content (AvgIpc) is 2.90. The third kappa shape index (κ3) is 5.88. The van der Waals surface area contributed by atoms with Crippen LogP contribution in [0.1, 0.15) is 42.9 Å². The van der Waals surface area contributed by atoms with E-state index in [1.165, 1.54) is 31.6 Å². The van der Waals surface area contributed by atoms with E-state index in [0.717, 1.165) is 29.5 Å². The first kappa shape index (κ1) is 25.3. The molecule has 0 saturated heterocycles. The van der Waals surface area contributed by atoms with Gasteiger partial charge in [0.2, 0.25) is 0 Å². The summed E-state index contributed by atoms with van der Waals surface area (Å²) in [4.78, 5) is 0. The van der Waals surface area contributed by atoms with Gasteiger partial charge in [-0.15, -0.1) is 0 Å². The van der Waals surface area contributed by atoms with E-state index < -0.39 is 17.5 Å². The highest BCUT2D eigenvalue weighted by Gasteiger charge is 2.13. The van der Waals surface area contributed by atoms with E-state index in [0.29, 0.717) is 5.56 Å². The molecule has 0 N–H and O–H groups in total. The SMILES string of the molecule is CCCCCc1ccc(-c2ccc(C=Cc3ccc(-c4ccc(OC)c(F)c4)cc3)c(F)c2F)cc1. The third-order valence-electron chi connectivity index (χ3n) is 6.30. The number of unbranched alkanes of at least 4 members (excludes halogenated alkanes) is 2. The topological polar surface area (TPSA) is 9.23 Å². The Morgan fingerprint density at radius 1 is 0.694 bits per heavy atom. The van der Waals surface area contributed by atoms with Crippen LogP contribution in [0.3, 0.4) is 0 Å². The molecule has 0 amide bonds. The summed E-state index contributed by atoms with van der Waals surface area (Å²) in [5, 5.41) is 0. The smallest absolute Gasteiger partial charge is 0.167 e. The van der Waals surface area contributed by atoms with Crippen LogP contribution in [0.25, 0.3) is 34.4 Å². The van der Waals surface area contributed by atoms with Gasteiger partial charge in [-0.25, -0.2) is 13.2 Å². The zero-order chi connectivity index (χ0) is 25.5. The minimum atomic E-state index is -0.874. The lowest BCUT2D eigenvalue weighted by molar-refractivity contribution is 0.386. The van der Waals surface area contributed by atoms with Gasteiger partial charge in [-0.05, 0) is 52.8 Å². The van der Waals surface area contributed by atoms with Gasteiger partial charge in [0.25, 0.3) is 0 Å². The minimum absolute atomic E-state index is 0.175. The highest BCUT2D eigenvalue weighted by Crippen LogP contribution is 2.29. The zero-order valence-electron chi connectivity index (χ0n) is 20.5. The monoisotopic (exact) mass is 486 g/mol. The Hall–Kier alpha value is -3.79. The minimum Gasteiger partial charge on any atom is -0.494 e. The molecule has 0 saturated carbocycles. The maximum Gasteiger partial charge on any atom is 0.167 e. The predicted molar refractivity (Wildman–Crippen MR) is 142 cm³/mol. The van der Waals surface area contributed by atoms with Crippen molar-refractivity contribution < 1.29 is 17.9 Å². The lowest BCUT2D eigenvalue weighted by Gasteiger charge is -2.08. The van der Waals surface area contributed by atoms with E-state index in [2.05, 4.69) is 6.92 Å². The van der Waals surface area contributed by atoms with E-state index in [9.17, 15) is 13.2 Å². The molecule has 0 radical (unpaired) electrons. The van der Waals surface area contributed by atoms with Crippen LogP contribution in [0.2, 0.25) is 0 Å². The van der Waals surface area contributed by atoms with Crippen molar-refractivity contribution in [3.05, 3.63) is 113 Å². The summed E-state index contributed by atoms with van der Waals surface area (Å²) in [5.41, 5.74) is 4.67. The first-order chi connectivity index (χ1) is 17.5. The standard InChI is InChI=1S/C32H29F3O/c1-3-4-5-6-22-9-14-25(15-10-22)28-19-17-26(31(34)32(28)35)16-11-23-7-12-24(13-8-23)27-18-20-30(36-2)29(33)21-27/h7-21H,3-6H2,1-2H3. The van der Waals surface area contributed by atoms with Gasteiger partial charge < -0.3 is 4.74 Å². The molecule has 0 aliphatic rings. The fourth-order valence-electron chi connectivity index (χ4n) is 4.16. The van der Waals surface area contributed by atoms with Gasteiger partial charge in [-0.1, -0.05) is 98.6 Å².